The maximum Gasteiger partial charge on any atom is 0.338 e. The number of benzene rings is 1. The minimum Gasteiger partial charge on any atom is -0.465 e. The van der Waals surface area contributed by atoms with Crippen LogP contribution >= 0.6 is 0 Å². The Hall–Kier alpha value is -3.33. The van der Waals surface area contributed by atoms with E-state index in [-0.39, 0.29) is 5.57 Å². The fourth-order valence-corrected chi connectivity index (χ4v) is 1.77. The molecule has 0 aliphatic rings. The minimum atomic E-state index is -0.562. The van der Waals surface area contributed by atoms with Crippen molar-refractivity contribution in [3.63, 3.8) is 0 Å². The van der Waals surface area contributed by atoms with Crippen molar-refractivity contribution in [3.05, 3.63) is 59.6 Å². The molecule has 0 fully saturated rings. The third-order valence-electron chi connectivity index (χ3n) is 2.85. The fraction of sp³-hybridized carbons (Fsp3) is 0.118. The van der Waals surface area contributed by atoms with Gasteiger partial charge in [0.05, 0.1) is 18.4 Å². The van der Waals surface area contributed by atoms with Crippen molar-refractivity contribution in [2.24, 2.45) is 0 Å². The van der Waals surface area contributed by atoms with Crippen molar-refractivity contribution in [2.45, 2.75) is 6.92 Å². The molecule has 1 aromatic carbocycles. The van der Waals surface area contributed by atoms with Gasteiger partial charge in [-0.15, -0.1) is 0 Å². The molecule has 23 heavy (non-hydrogen) atoms. The quantitative estimate of drug-likeness (QED) is 0.520. The predicted octanol–water partition coefficient (Wildman–Crippen LogP) is 3.00. The Balaban J connectivity index is 2.08. The van der Waals surface area contributed by atoms with Gasteiger partial charge in [-0.1, -0.05) is 0 Å². The SMILES string of the molecule is CCOC(=O)c1ccc(NC(=O)/C(C#N)=C/c2ccco2)cc1. The van der Waals surface area contributed by atoms with E-state index in [1.54, 1.807) is 31.2 Å². The van der Waals surface area contributed by atoms with Crippen LogP contribution in [0.25, 0.3) is 6.08 Å². The number of anilines is 1. The second-order valence-corrected chi connectivity index (χ2v) is 4.44. The highest BCUT2D eigenvalue weighted by atomic mass is 16.5. The summed E-state index contributed by atoms with van der Waals surface area (Å²) in [5.41, 5.74) is 0.759. The van der Waals surface area contributed by atoms with Gasteiger partial charge in [0, 0.05) is 11.8 Å². The van der Waals surface area contributed by atoms with Crippen molar-refractivity contribution >= 4 is 23.6 Å². The molecule has 1 heterocycles. The van der Waals surface area contributed by atoms with Gasteiger partial charge < -0.3 is 14.5 Å². The van der Waals surface area contributed by atoms with Crippen LogP contribution in [0.15, 0.2) is 52.7 Å². The molecule has 0 saturated heterocycles. The van der Waals surface area contributed by atoms with E-state index in [2.05, 4.69) is 5.32 Å². The highest BCUT2D eigenvalue weighted by Crippen LogP contribution is 2.13. The number of nitrogens with zero attached hydrogens (tertiary/aromatic N) is 1. The van der Waals surface area contributed by atoms with Gasteiger partial charge in [0.1, 0.15) is 17.4 Å². The zero-order valence-electron chi connectivity index (χ0n) is 12.4. The number of nitrogens with one attached hydrogen (secondary N) is 1. The third kappa shape index (κ3) is 4.32. The molecule has 0 spiro atoms. The molecular formula is C17H14N2O4. The van der Waals surface area contributed by atoms with E-state index in [1.807, 2.05) is 6.07 Å². The molecule has 6 nitrogen and oxygen atoms in total. The van der Waals surface area contributed by atoms with E-state index in [0.29, 0.717) is 23.6 Å². The fourth-order valence-electron chi connectivity index (χ4n) is 1.77. The first-order chi connectivity index (χ1) is 11.1. The number of carbonyl (C=O) groups is 2. The van der Waals surface area contributed by atoms with Crippen molar-refractivity contribution in [1.29, 1.82) is 5.26 Å². The first-order valence-corrected chi connectivity index (χ1v) is 6.88. The zero-order chi connectivity index (χ0) is 16.7. The Morgan fingerprint density at radius 3 is 2.61 bits per heavy atom. The number of amides is 1. The molecule has 1 N–H and O–H groups in total. The van der Waals surface area contributed by atoms with E-state index in [4.69, 9.17) is 14.4 Å². The number of ether oxygens (including phenoxy) is 1. The summed E-state index contributed by atoms with van der Waals surface area (Å²) >= 11 is 0. The highest BCUT2D eigenvalue weighted by molar-refractivity contribution is 6.09. The topological polar surface area (TPSA) is 92.3 Å². The Morgan fingerprint density at radius 2 is 2.04 bits per heavy atom. The molecule has 0 bridgehead atoms. The van der Waals surface area contributed by atoms with Crippen LogP contribution in [0.1, 0.15) is 23.0 Å². The van der Waals surface area contributed by atoms with Gasteiger partial charge in [-0.2, -0.15) is 5.26 Å². The molecule has 6 heteroatoms. The largest absolute Gasteiger partial charge is 0.465 e. The molecule has 116 valence electrons. The van der Waals surface area contributed by atoms with E-state index in [1.165, 1.54) is 24.5 Å². The summed E-state index contributed by atoms with van der Waals surface area (Å²) in [7, 11) is 0. The van der Waals surface area contributed by atoms with Gasteiger partial charge in [-0.3, -0.25) is 4.79 Å². The summed E-state index contributed by atoms with van der Waals surface area (Å²) in [6.07, 6.45) is 2.80. The van der Waals surface area contributed by atoms with E-state index >= 15 is 0 Å². The summed E-state index contributed by atoms with van der Waals surface area (Å²) in [5.74, 6) is -0.581. The summed E-state index contributed by atoms with van der Waals surface area (Å²) in [5, 5.41) is 11.6. The standard InChI is InChI=1S/C17H14N2O4/c1-2-22-17(21)12-5-7-14(8-6-12)19-16(20)13(11-18)10-15-4-3-9-23-15/h3-10H,2H2,1H3,(H,19,20)/b13-10+. The summed E-state index contributed by atoms with van der Waals surface area (Å²) in [6, 6.07) is 11.3. The van der Waals surface area contributed by atoms with E-state index in [9.17, 15) is 9.59 Å². The van der Waals surface area contributed by atoms with Crippen molar-refractivity contribution in [2.75, 3.05) is 11.9 Å². The lowest BCUT2D eigenvalue weighted by atomic mass is 10.2. The van der Waals surface area contributed by atoms with Gasteiger partial charge in [-0.05, 0) is 43.3 Å². The second-order valence-electron chi connectivity index (χ2n) is 4.44. The molecule has 0 atom stereocenters. The normalized spacial score (nSPS) is 10.7. The molecule has 2 rings (SSSR count). The Bertz CT molecular complexity index is 753. The minimum absolute atomic E-state index is 0.0885. The molecule has 0 radical (unpaired) electrons. The van der Waals surface area contributed by atoms with Gasteiger partial charge in [0.25, 0.3) is 5.91 Å². The van der Waals surface area contributed by atoms with Crippen LogP contribution in [0.3, 0.4) is 0 Å². The van der Waals surface area contributed by atoms with Crippen LogP contribution in [-0.2, 0) is 9.53 Å². The molecule has 1 aromatic heterocycles. The van der Waals surface area contributed by atoms with Gasteiger partial charge >= 0.3 is 5.97 Å². The maximum absolute atomic E-state index is 12.1. The van der Waals surface area contributed by atoms with Crippen molar-refractivity contribution < 1.29 is 18.7 Å². The number of carbonyl (C=O) groups excluding carboxylic acids is 2. The van der Waals surface area contributed by atoms with Crippen LogP contribution in [0, 0.1) is 11.3 Å². The van der Waals surface area contributed by atoms with E-state index < -0.39 is 11.9 Å². The second kappa shape index (κ2) is 7.61. The van der Waals surface area contributed by atoms with Gasteiger partial charge in [0.2, 0.25) is 0 Å². The number of hydrogen-bond acceptors (Lipinski definition) is 5. The maximum atomic E-state index is 12.1. The first kappa shape index (κ1) is 16.0. The third-order valence-corrected chi connectivity index (χ3v) is 2.85. The number of nitriles is 1. The average molecular weight is 310 g/mol. The van der Waals surface area contributed by atoms with Crippen LogP contribution in [0.4, 0.5) is 5.69 Å². The van der Waals surface area contributed by atoms with Crippen LogP contribution < -0.4 is 5.32 Å². The van der Waals surface area contributed by atoms with E-state index in [0.717, 1.165) is 0 Å². The average Bonchev–Trinajstić information content (AvgIpc) is 3.06. The number of hydrogen-bond donors (Lipinski definition) is 1. The van der Waals surface area contributed by atoms with Crippen LogP contribution in [0.5, 0.6) is 0 Å². The number of furan rings is 1. The molecule has 0 aliphatic carbocycles. The van der Waals surface area contributed by atoms with Gasteiger partial charge in [0.15, 0.2) is 0 Å². The first-order valence-electron chi connectivity index (χ1n) is 6.88. The number of rotatable bonds is 5. The molecule has 0 aliphatic heterocycles. The van der Waals surface area contributed by atoms with Gasteiger partial charge in [-0.25, -0.2) is 4.79 Å². The van der Waals surface area contributed by atoms with Crippen LogP contribution in [0.2, 0.25) is 0 Å². The lowest BCUT2D eigenvalue weighted by molar-refractivity contribution is -0.112. The Labute approximate surface area is 133 Å². The number of esters is 1. The summed E-state index contributed by atoms with van der Waals surface area (Å²) in [6.45, 7) is 2.02. The molecule has 0 saturated carbocycles. The summed E-state index contributed by atoms with van der Waals surface area (Å²) < 4.78 is 9.95. The van der Waals surface area contributed by atoms with Crippen LogP contribution in [-0.4, -0.2) is 18.5 Å². The molecule has 0 unspecified atom stereocenters. The zero-order valence-corrected chi connectivity index (χ0v) is 12.4. The Morgan fingerprint density at radius 1 is 1.30 bits per heavy atom. The van der Waals surface area contributed by atoms with Crippen molar-refractivity contribution in [1.82, 2.24) is 0 Å². The lowest BCUT2D eigenvalue weighted by Gasteiger charge is -2.05. The smallest absolute Gasteiger partial charge is 0.338 e. The lowest BCUT2D eigenvalue weighted by Crippen LogP contribution is -2.13. The highest BCUT2D eigenvalue weighted by Gasteiger charge is 2.11. The summed E-state index contributed by atoms with van der Waals surface area (Å²) in [4.78, 5) is 23.6. The monoisotopic (exact) mass is 310 g/mol. The molecule has 2 aromatic rings. The molecule has 1 amide bonds. The predicted molar refractivity (Wildman–Crippen MR) is 83.3 cm³/mol. The van der Waals surface area contributed by atoms with Crippen molar-refractivity contribution in [3.8, 4) is 6.07 Å². The molecular weight excluding hydrogens is 296 g/mol. The Kier molecular flexibility index (Phi) is 5.31.